The number of nitrogens with one attached hydrogen (secondary N) is 1. The van der Waals surface area contributed by atoms with E-state index >= 15 is 0 Å². The molecule has 0 amide bonds. The maximum atomic E-state index is 13.4. The standard InChI is InChI=1S/C11H10FN3O3/c1-6-14-11(18-15-6)7-2-3-8(12)9(4-7)13-5-10(16)17/h2-4,13H,5H2,1H3,(H,16,17). The van der Waals surface area contributed by atoms with Crippen LogP contribution in [0.3, 0.4) is 0 Å². The smallest absolute Gasteiger partial charge is 0.322 e. The van der Waals surface area contributed by atoms with Crippen LogP contribution in [0.4, 0.5) is 10.1 Å². The van der Waals surface area contributed by atoms with Crippen molar-refractivity contribution in [1.29, 1.82) is 0 Å². The summed E-state index contributed by atoms with van der Waals surface area (Å²) in [5, 5.41) is 14.6. The van der Waals surface area contributed by atoms with E-state index in [-0.39, 0.29) is 18.1 Å². The summed E-state index contributed by atoms with van der Waals surface area (Å²) in [6.45, 7) is 1.29. The zero-order valence-corrected chi connectivity index (χ0v) is 9.48. The summed E-state index contributed by atoms with van der Waals surface area (Å²) >= 11 is 0. The Morgan fingerprint density at radius 1 is 1.56 bits per heavy atom. The summed E-state index contributed by atoms with van der Waals surface area (Å²) in [5.41, 5.74) is 0.593. The monoisotopic (exact) mass is 251 g/mol. The number of rotatable bonds is 4. The van der Waals surface area contributed by atoms with Gasteiger partial charge in [-0.1, -0.05) is 5.16 Å². The molecule has 0 fully saturated rings. The normalized spacial score (nSPS) is 10.3. The highest BCUT2D eigenvalue weighted by atomic mass is 19.1. The third-order valence-corrected chi connectivity index (χ3v) is 2.17. The molecule has 0 radical (unpaired) electrons. The van der Waals surface area contributed by atoms with Crippen LogP contribution in [0.1, 0.15) is 5.82 Å². The summed E-state index contributed by atoms with van der Waals surface area (Å²) in [4.78, 5) is 14.4. The van der Waals surface area contributed by atoms with E-state index in [4.69, 9.17) is 9.63 Å². The lowest BCUT2D eigenvalue weighted by molar-refractivity contribution is -0.134. The molecule has 1 heterocycles. The van der Waals surface area contributed by atoms with Crippen molar-refractivity contribution in [2.45, 2.75) is 6.92 Å². The molecule has 0 saturated carbocycles. The largest absolute Gasteiger partial charge is 0.480 e. The van der Waals surface area contributed by atoms with Crippen LogP contribution < -0.4 is 5.32 Å². The Bertz CT molecular complexity index is 583. The summed E-state index contributed by atoms with van der Waals surface area (Å²) < 4.78 is 18.4. The van der Waals surface area contributed by atoms with E-state index in [2.05, 4.69) is 15.5 Å². The molecule has 0 saturated heterocycles. The van der Waals surface area contributed by atoms with Gasteiger partial charge in [0.25, 0.3) is 5.89 Å². The number of hydrogen-bond donors (Lipinski definition) is 2. The van der Waals surface area contributed by atoms with Gasteiger partial charge in [0.05, 0.1) is 5.69 Å². The molecule has 1 aromatic carbocycles. The number of halogens is 1. The van der Waals surface area contributed by atoms with Crippen LogP contribution in [0.25, 0.3) is 11.5 Å². The average Bonchev–Trinajstić information content (AvgIpc) is 2.74. The Labute approximate surface area is 101 Å². The maximum Gasteiger partial charge on any atom is 0.322 e. The van der Waals surface area contributed by atoms with Crippen molar-refractivity contribution >= 4 is 11.7 Å². The molecule has 0 aliphatic rings. The van der Waals surface area contributed by atoms with Gasteiger partial charge >= 0.3 is 5.97 Å². The van der Waals surface area contributed by atoms with Crippen LogP contribution in [0.5, 0.6) is 0 Å². The van der Waals surface area contributed by atoms with E-state index in [9.17, 15) is 9.18 Å². The molecule has 2 aromatic rings. The van der Waals surface area contributed by atoms with E-state index in [0.717, 1.165) is 0 Å². The lowest BCUT2D eigenvalue weighted by Crippen LogP contribution is -2.13. The quantitative estimate of drug-likeness (QED) is 0.859. The zero-order valence-electron chi connectivity index (χ0n) is 9.48. The molecule has 0 aliphatic carbocycles. The molecule has 1 aromatic heterocycles. The number of aromatic nitrogens is 2. The van der Waals surface area contributed by atoms with Gasteiger partial charge < -0.3 is 14.9 Å². The van der Waals surface area contributed by atoms with Gasteiger partial charge in [0.1, 0.15) is 12.4 Å². The highest BCUT2D eigenvalue weighted by Crippen LogP contribution is 2.23. The number of nitrogens with zero attached hydrogens (tertiary/aromatic N) is 2. The number of aliphatic carboxylic acids is 1. The predicted octanol–water partition coefficient (Wildman–Crippen LogP) is 1.68. The second-order valence-corrected chi connectivity index (χ2v) is 3.59. The first-order valence-electron chi connectivity index (χ1n) is 5.12. The Morgan fingerprint density at radius 3 is 2.94 bits per heavy atom. The molecular formula is C11H10FN3O3. The van der Waals surface area contributed by atoms with Crippen LogP contribution in [0.2, 0.25) is 0 Å². The third-order valence-electron chi connectivity index (χ3n) is 2.17. The highest BCUT2D eigenvalue weighted by Gasteiger charge is 2.10. The number of aryl methyl sites for hydroxylation is 1. The predicted molar refractivity (Wildman–Crippen MR) is 60.6 cm³/mol. The van der Waals surface area contributed by atoms with Gasteiger partial charge in [0.15, 0.2) is 5.82 Å². The molecule has 7 heteroatoms. The molecular weight excluding hydrogens is 241 g/mol. The lowest BCUT2D eigenvalue weighted by atomic mass is 10.2. The average molecular weight is 251 g/mol. The molecule has 0 aliphatic heterocycles. The van der Waals surface area contributed by atoms with Crippen LogP contribution in [-0.2, 0) is 4.79 Å². The van der Waals surface area contributed by atoms with Crippen molar-refractivity contribution in [1.82, 2.24) is 10.1 Å². The number of carboxylic acid groups (broad SMARTS) is 1. The summed E-state index contributed by atoms with van der Waals surface area (Å²) in [5.74, 6) is -0.898. The van der Waals surface area contributed by atoms with Gasteiger partial charge in [0, 0.05) is 5.56 Å². The summed E-state index contributed by atoms with van der Waals surface area (Å²) in [6.07, 6.45) is 0. The number of carboxylic acids is 1. The second kappa shape index (κ2) is 4.82. The van der Waals surface area contributed by atoms with Gasteiger partial charge in [-0.05, 0) is 25.1 Å². The SMILES string of the molecule is Cc1noc(-c2ccc(F)c(NCC(=O)O)c2)n1. The van der Waals surface area contributed by atoms with Gasteiger partial charge in [-0.25, -0.2) is 4.39 Å². The van der Waals surface area contributed by atoms with Gasteiger partial charge in [-0.3, -0.25) is 4.79 Å². The van der Waals surface area contributed by atoms with E-state index < -0.39 is 11.8 Å². The summed E-state index contributed by atoms with van der Waals surface area (Å²) in [7, 11) is 0. The van der Waals surface area contributed by atoms with Gasteiger partial charge in [-0.2, -0.15) is 4.98 Å². The van der Waals surface area contributed by atoms with Crippen LogP contribution in [0.15, 0.2) is 22.7 Å². The van der Waals surface area contributed by atoms with Crippen molar-refractivity contribution in [2.75, 3.05) is 11.9 Å². The van der Waals surface area contributed by atoms with E-state index in [1.807, 2.05) is 0 Å². The Kier molecular flexibility index (Phi) is 3.22. The van der Waals surface area contributed by atoms with E-state index in [1.165, 1.54) is 18.2 Å². The molecule has 2 N–H and O–H groups in total. The molecule has 0 unspecified atom stereocenters. The Hall–Kier alpha value is -2.44. The van der Waals surface area contributed by atoms with E-state index in [0.29, 0.717) is 11.4 Å². The topological polar surface area (TPSA) is 88.2 Å². The van der Waals surface area contributed by atoms with Gasteiger partial charge in [0.2, 0.25) is 0 Å². The minimum absolute atomic E-state index is 0.0748. The van der Waals surface area contributed by atoms with Crippen LogP contribution in [-0.4, -0.2) is 27.8 Å². The first-order chi connectivity index (χ1) is 8.56. The fourth-order valence-electron chi connectivity index (χ4n) is 1.38. The van der Waals surface area contributed by atoms with Gasteiger partial charge in [-0.15, -0.1) is 0 Å². The van der Waals surface area contributed by atoms with Crippen LogP contribution >= 0.6 is 0 Å². The van der Waals surface area contributed by atoms with Crippen molar-refractivity contribution in [3.8, 4) is 11.5 Å². The minimum atomic E-state index is -1.08. The Balaban J connectivity index is 2.28. The van der Waals surface area contributed by atoms with Crippen molar-refractivity contribution in [3.05, 3.63) is 29.8 Å². The second-order valence-electron chi connectivity index (χ2n) is 3.59. The van der Waals surface area contributed by atoms with Crippen LogP contribution in [0, 0.1) is 12.7 Å². The fraction of sp³-hybridized carbons (Fsp3) is 0.182. The zero-order chi connectivity index (χ0) is 13.1. The van der Waals surface area contributed by atoms with Crippen molar-refractivity contribution < 1.29 is 18.8 Å². The molecule has 0 atom stereocenters. The third kappa shape index (κ3) is 2.62. The summed E-state index contributed by atoms with van der Waals surface area (Å²) in [6, 6.07) is 4.11. The first-order valence-corrected chi connectivity index (χ1v) is 5.12. The molecule has 18 heavy (non-hydrogen) atoms. The van der Waals surface area contributed by atoms with E-state index in [1.54, 1.807) is 6.92 Å². The number of hydrogen-bond acceptors (Lipinski definition) is 5. The van der Waals surface area contributed by atoms with Crippen molar-refractivity contribution in [3.63, 3.8) is 0 Å². The fourth-order valence-corrected chi connectivity index (χ4v) is 1.38. The highest BCUT2D eigenvalue weighted by molar-refractivity contribution is 5.73. The first kappa shape index (κ1) is 12.0. The lowest BCUT2D eigenvalue weighted by Gasteiger charge is -2.05. The maximum absolute atomic E-state index is 13.4. The number of anilines is 1. The number of benzene rings is 1. The number of carbonyl (C=O) groups is 1. The minimum Gasteiger partial charge on any atom is -0.480 e. The Morgan fingerprint density at radius 2 is 2.33 bits per heavy atom. The molecule has 0 spiro atoms. The molecule has 0 bridgehead atoms. The molecule has 94 valence electrons. The molecule has 2 rings (SSSR count). The van der Waals surface area contributed by atoms with Crippen molar-refractivity contribution in [2.24, 2.45) is 0 Å². The molecule has 6 nitrogen and oxygen atoms in total.